The van der Waals surface area contributed by atoms with Crippen LogP contribution in [0.15, 0.2) is 168 Å². The molecule has 25 N–H and O–H groups in total. The monoisotopic (exact) mass is 2070 g/mol. The van der Waals surface area contributed by atoms with Crippen LogP contribution in [0.4, 0.5) is 0 Å². The van der Waals surface area contributed by atoms with Crippen molar-refractivity contribution in [2.75, 3.05) is 19.8 Å². The number of ether oxygens (including phenoxy) is 9. The fourth-order valence-electron chi connectivity index (χ4n) is 18.2. The molecule has 0 saturated carbocycles. The standard InChI is InChI=1S/C100H105BrClN9O33/c1-41(2)11-7-4-5-10-14-70(120)106-80-86(125)83(122)68(39-113)141-99(80)144-90-65-34-51-35-66(90)138-62-26-22-49(32-56(62)102)89(143-98-79(104-42(3)115)85(124)82(121)67(38-112)140-98)81-96(133)110-78(97(134)135)72-71(64(37-60(119)73(72)101)139-100-88(127)87(126)84(123)69(40-114)142-100)55-31-48(21-23-58(55)117)75(93(130)111-81)108-95(132)77(51)109-94(131)76-50-29-52(116)36-53(30-50)136-63-33-47(20-24-59(63)118)74(103)92(129)105-57(91(128)107-76)28-43-15-25-61(137-65)54(27-43)46-18-16-45(17-19-46)44-12-8-6-9-13-44/h6,8-9,12-13,15-27,29-37,41,57,67-69,74-89,98-100,112-114,116-119,121-127H,4-5,7,10-11,14,28,38-40,103H2,1-3H3,(H,104,115)(H,105,129)(H,106,120)(H,107,128)(H,108,132)(H,109,131)(H,110,133)(H,111,130)(H,134,135)/t57-,67-,68-,69-,74-,75-,76+,77-,78+,79-,80-,81+,82-,83-,84-,85-,86-,87+,88+,89-,98+,99+,100+/m1/s1. The van der Waals surface area contributed by atoms with E-state index in [1.165, 1.54) is 24.3 Å². The molecule has 9 aromatic rings. The van der Waals surface area contributed by atoms with Crippen LogP contribution in [0, 0.1) is 5.92 Å². The second-order valence-corrected chi connectivity index (χ2v) is 37.5. The third-order valence-corrected chi connectivity index (χ3v) is 27.0. The minimum Gasteiger partial charge on any atom is -0.508 e. The van der Waals surface area contributed by atoms with Crippen molar-refractivity contribution in [2.45, 2.75) is 206 Å². The van der Waals surface area contributed by atoms with Gasteiger partial charge in [-0.25, -0.2) is 4.79 Å². The molecule has 0 spiro atoms. The van der Waals surface area contributed by atoms with Gasteiger partial charge >= 0.3 is 5.97 Å². The fourth-order valence-corrected chi connectivity index (χ4v) is 19.0. The number of nitrogens with one attached hydrogen (secondary N) is 8. The number of phenolic OH excluding ortho intramolecular Hbond substituents is 4. The topological polar surface area (TPSA) is 662 Å². The summed E-state index contributed by atoms with van der Waals surface area (Å²) in [5, 5.41) is 194. The van der Waals surface area contributed by atoms with Gasteiger partial charge in [-0.3, -0.25) is 38.4 Å². The van der Waals surface area contributed by atoms with Gasteiger partial charge in [-0.05, 0) is 151 Å². The van der Waals surface area contributed by atoms with E-state index in [1.54, 1.807) is 30.3 Å². The van der Waals surface area contributed by atoms with Crippen LogP contribution >= 0.6 is 27.5 Å². The molecule has 0 radical (unpaired) electrons. The highest BCUT2D eigenvalue weighted by Gasteiger charge is 2.53. The summed E-state index contributed by atoms with van der Waals surface area (Å²) in [5.41, 5.74) is 4.97. The van der Waals surface area contributed by atoms with Crippen molar-refractivity contribution in [1.82, 2.24) is 42.5 Å². The molecule has 8 amide bonds. The molecule has 9 aliphatic heterocycles. The highest BCUT2D eigenvalue weighted by molar-refractivity contribution is 9.10. The van der Waals surface area contributed by atoms with Crippen LogP contribution in [-0.4, -0.2) is 254 Å². The Labute approximate surface area is 833 Å². The average Bonchev–Trinajstić information content (AvgIpc) is 0.777. The lowest BCUT2D eigenvalue weighted by Gasteiger charge is -2.44. The zero-order chi connectivity index (χ0) is 103. The van der Waals surface area contributed by atoms with Gasteiger partial charge in [-0.2, -0.15) is 0 Å². The number of nitrogens with two attached hydrogens (primary N) is 1. The Morgan fingerprint density at radius 2 is 1.06 bits per heavy atom. The van der Waals surface area contributed by atoms with Gasteiger partial charge in [0, 0.05) is 54.2 Å². The predicted octanol–water partition coefficient (Wildman–Crippen LogP) is 4.46. The Kier molecular flexibility index (Phi) is 31.6. The number of benzene rings is 9. The van der Waals surface area contributed by atoms with Gasteiger partial charge in [0.25, 0.3) is 0 Å². The minimum atomic E-state index is -2.64. The summed E-state index contributed by atoms with van der Waals surface area (Å²) in [6, 6.07) is 16.8. The first-order valence-corrected chi connectivity index (χ1v) is 47.3. The maximum Gasteiger partial charge on any atom is 0.330 e. The number of hydrogen-bond acceptors (Lipinski definition) is 33. The molecule has 0 aliphatic carbocycles. The molecule has 3 fully saturated rings. The number of aliphatic hydroxyl groups is 10. The maximum absolute atomic E-state index is 17.4. The van der Waals surface area contributed by atoms with Crippen molar-refractivity contribution in [1.29, 1.82) is 0 Å². The van der Waals surface area contributed by atoms with Crippen molar-refractivity contribution in [3.63, 3.8) is 0 Å². The van der Waals surface area contributed by atoms with E-state index in [4.69, 9.17) is 60.0 Å². The lowest BCUT2D eigenvalue weighted by Crippen LogP contribution is -2.65. The molecule has 17 bridgehead atoms. The number of carboxylic acids is 1. The summed E-state index contributed by atoms with van der Waals surface area (Å²) in [4.78, 5) is 141. The van der Waals surface area contributed by atoms with E-state index in [0.29, 0.717) is 29.9 Å². The Hall–Kier alpha value is -13.4. The third-order valence-electron chi connectivity index (χ3n) is 25.8. The third kappa shape index (κ3) is 22.1. The molecular formula is C100H105BrClN9O33. The van der Waals surface area contributed by atoms with Crippen molar-refractivity contribution in [2.24, 2.45) is 11.7 Å². The van der Waals surface area contributed by atoms with E-state index in [2.05, 4.69) is 72.3 Å². The predicted molar refractivity (Wildman–Crippen MR) is 507 cm³/mol. The van der Waals surface area contributed by atoms with Crippen molar-refractivity contribution < 1.29 is 162 Å². The van der Waals surface area contributed by atoms with E-state index in [0.717, 1.165) is 111 Å². The molecule has 0 unspecified atom stereocenters. The lowest BCUT2D eigenvalue weighted by atomic mass is 9.89. The Morgan fingerprint density at radius 3 is 1.72 bits per heavy atom. The molecule has 9 aliphatic rings. The Bertz CT molecular complexity index is 6370. The van der Waals surface area contributed by atoms with Gasteiger partial charge in [0.15, 0.2) is 35.3 Å². The van der Waals surface area contributed by atoms with Gasteiger partial charge in [0.2, 0.25) is 65.6 Å². The molecule has 762 valence electrons. The number of aliphatic hydroxyl groups excluding tert-OH is 10. The molecule has 18 rings (SSSR count). The molecule has 42 nitrogen and oxygen atoms in total. The first-order valence-electron chi connectivity index (χ1n) is 46.1. The summed E-state index contributed by atoms with van der Waals surface area (Å²) < 4.78 is 58.3. The maximum atomic E-state index is 17.4. The molecule has 3 saturated heterocycles. The molecular weight excluding hydrogens is 1970 g/mol. The SMILES string of the molecule is CC(=O)N[C@H]1[C@H](O[C@@H]2c3ccc(c(Cl)c3)Oc3cc4cc(c3O[C@@H]3O[C@H](CO)[C@@H](O)[C@H](O)[C@H]3NC(=O)CCCCCCC(C)C)Oc3ccc(cc3-c3ccc(-c5ccccc5)cc3)C[C@H]3NC(=O)[C@H](N)c5ccc(O)c(c5)Oc5cc(O)cc(c5)[C@H](NC3=O)C(=O)N[C@H]4C(=O)N[C@H]3C(=O)N[C@@H]2C(=O)N[C@H](C(=O)O)c2c(Br)c(O)cc(O[C@H]4O[C@H](CO)[C@@H](O)[C@H](O)[C@@H]4O)c2-c2cc3ccc2O)O[C@H](CO)[C@@H](O)[C@@H]1O. The fraction of sp³-hybridized carbons (Fsp3) is 0.370. The summed E-state index contributed by atoms with van der Waals surface area (Å²) >= 11 is 10.9. The molecule has 144 heavy (non-hydrogen) atoms. The highest BCUT2D eigenvalue weighted by atomic mass is 79.9. The molecule has 44 heteroatoms. The van der Waals surface area contributed by atoms with Crippen LogP contribution < -0.4 is 72.0 Å². The van der Waals surface area contributed by atoms with Crippen molar-refractivity contribution >= 4 is 80.8 Å². The van der Waals surface area contributed by atoms with Gasteiger partial charge in [-0.1, -0.05) is 130 Å². The van der Waals surface area contributed by atoms with Crippen LogP contribution in [0.3, 0.4) is 0 Å². The van der Waals surface area contributed by atoms with Crippen molar-refractivity contribution in [3.8, 4) is 102 Å². The number of amides is 8. The van der Waals surface area contributed by atoms with Gasteiger partial charge in [0.05, 0.1) is 29.3 Å². The quantitative estimate of drug-likeness (QED) is 0.0441. The van der Waals surface area contributed by atoms with Gasteiger partial charge < -0.3 is 167 Å². The number of fused-ring (bicyclic) bond motifs is 14. The largest absolute Gasteiger partial charge is 0.508 e. The number of halogens is 2. The van der Waals surface area contributed by atoms with E-state index < -0.39 is 314 Å². The number of rotatable bonds is 21. The number of aliphatic carboxylic acids is 1. The first kappa shape index (κ1) is 103. The number of hydrogen-bond donors (Lipinski definition) is 24. The Balaban J connectivity index is 0.982. The van der Waals surface area contributed by atoms with Crippen LogP contribution in [-0.2, 0) is 68.5 Å². The zero-order valence-corrected chi connectivity index (χ0v) is 79.2. The second-order valence-electron chi connectivity index (χ2n) is 36.3. The number of carbonyl (C=O) groups is 9. The number of aromatic hydroxyl groups is 4. The van der Waals surface area contributed by atoms with Crippen LogP contribution in [0.25, 0.3) is 33.4 Å². The number of phenols is 4. The molecule has 9 aromatic carbocycles. The second kappa shape index (κ2) is 44.0. The molecule has 0 aromatic heterocycles. The summed E-state index contributed by atoms with van der Waals surface area (Å²) in [6.07, 6.45) is -26.2. The van der Waals surface area contributed by atoms with E-state index in [1.807, 2.05) is 30.3 Å². The molecule has 9 heterocycles. The lowest BCUT2D eigenvalue weighted by molar-refractivity contribution is -0.284. The summed E-state index contributed by atoms with van der Waals surface area (Å²) in [5.74, 6) is -19.0. The van der Waals surface area contributed by atoms with Gasteiger partial charge in [-0.15, -0.1) is 0 Å². The minimum absolute atomic E-state index is 0.0327. The number of carboxylic acid groups (broad SMARTS) is 1. The molecule has 23 atom stereocenters. The van der Waals surface area contributed by atoms with E-state index in [9.17, 15) is 95.8 Å². The smallest absolute Gasteiger partial charge is 0.330 e. The Morgan fingerprint density at radius 1 is 0.493 bits per heavy atom. The van der Waals surface area contributed by atoms with Crippen LogP contribution in [0.1, 0.15) is 135 Å². The van der Waals surface area contributed by atoms with Crippen molar-refractivity contribution in [3.05, 3.63) is 212 Å². The zero-order valence-electron chi connectivity index (χ0n) is 76.9. The number of carbonyl (C=O) groups excluding carboxylic acids is 8. The summed E-state index contributed by atoms with van der Waals surface area (Å²) in [6.45, 7) is 1.96. The summed E-state index contributed by atoms with van der Waals surface area (Å²) in [7, 11) is 0. The number of unbranched alkanes of at least 4 members (excludes halogenated alkanes) is 3. The van der Waals surface area contributed by atoms with E-state index >= 15 is 24.0 Å². The van der Waals surface area contributed by atoms with E-state index in [-0.39, 0.29) is 45.9 Å². The van der Waals surface area contributed by atoms with Crippen LogP contribution in [0.5, 0.6) is 69.0 Å². The van der Waals surface area contributed by atoms with Gasteiger partial charge in [0.1, 0.15) is 156 Å². The average molecular weight is 2080 g/mol. The normalized spacial score (nSPS) is 27.4. The van der Waals surface area contributed by atoms with Crippen LogP contribution in [0.2, 0.25) is 5.02 Å². The highest BCUT2D eigenvalue weighted by Crippen LogP contribution is 2.53. The first-order chi connectivity index (χ1) is 68.8.